The highest BCUT2D eigenvalue weighted by atomic mass is 35.5. The monoisotopic (exact) mass is 560 g/mol. The van der Waals surface area contributed by atoms with Gasteiger partial charge in [0, 0.05) is 54.1 Å². The molecule has 0 saturated heterocycles. The van der Waals surface area contributed by atoms with Gasteiger partial charge in [0.05, 0.1) is 7.11 Å². The van der Waals surface area contributed by atoms with Gasteiger partial charge in [-0.25, -0.2) is 13.8 Å². The normalized spacial score (nSPS) is 13.7. The molecule has 1 aromatic carbocycles. The van der Waals surface area contributed by atoms with Crippen LogP contribution in [0.25, 0.3) is 16.9 Å². The highest BCUT2D eigenvalue weighted by Crippen LogP contribution is 2.32. The lowest BCUT2D eigenvalue weighted by Gasteiger charge is -2.29. The number of hydrogen-bond donors (Lipinski definition) is 1. The summed E-state index contributed by atoms with van der Waals surface area (Å²) >= 11 is 5.92. The van der Waals surface area contributed by atoms with Crippen LogP contribution in [0, 0.1) is 11.6 Å². The topological polar surface area (TPSA) is 119 Å². The number of hydrogen-bond acceptors (Lipinski definition) is 7. The maximum absolute atomic E-state index is 15.3. The number of benzene rings is 1. The third kappa shape index (κ3) is 4.95. The molecule has 4 heterocycles. The molecule has 1 aliphatic rings. The Morgan fingerprint density at radius 1 is 1.13 bits per heavy atom. The van der Waals surface area contributed by atoms with Crippen molar-refractivity contribution in [1.82, 2.24) is 24.1 Å². The van der Waals surface area contributed by atoms with E-state index in [2.05, 4.69) is 19.9 Å². The fourth-order valence-corrected chi connectivity index (χ4v) is 5.59. The molecule has 0 unspecified atom stereocenters. The molecule has 10 nitrogen and oxygen atoms in total. The van der Waals surface area contributed by atoms with E-state index in [-0.39, 0.29) is 53.2 Å². The van der Waals surface area contributed by atoms with Gasteiger partial charge in [-0.2, -0.15) is 17.8 Å². The maximum Gasteiger partial charge on any atom is 0.303 e. The largest absolute Gasteiger partial charge is 0.479 e. The second-order valence-electron chi connectivity index (χ2n) is 8.28. The van der Waals surface area contributed by atoms with Crippen molar-refractivity contribution in [2.45, 2.75) is 13.0 Å². The Bertz CT molecular complexity index is 1680. The molecule has 14 heteroatoms. The van der Waals surface area contributed by atoms with Crippen molar-refractivity contribution < 1.29 is 21.9 Å². The molecule has 0 radical (unpaired) electrons. The molecule has 0 spiro atoms. The highest BCUT2D eigenvalue weighted by molar-refractivity contribution is 7.90. The van der Waals surface area contributed by atoms with Crippen LogP contribution in [0.1, 0.15) is 11.3 Å². The zero-order chi connectivity index (χ0) is 27.0. The number of ether oxygens (including phenoxy) is 1. The van der Waals surface area contributed by atoms with Crippen molar-refractivity contribution >= 4 is 27.6 Å². The number of methoxy groups -OCH3 is 1. The predicted octanol–water partition coefficient (Wildman–Crippen LogP) is 3.34. The molecule has 0 atom stereocenters. The summed E-state index contributed by atoms with van der Waals surface area (Å²) in [6.45, 7) is -0.0204. The van der Waals surface area contributed by atoms with Crippen molar-refractivity contribution in [3.63, 3.8) is 0 Å². The first kappa shape index (κ1) is 25.7. The first-order valence-corrected chi connectivity index (χ1v) is 13.0. The molecule has 5 rings (SSSR count). The van der Waals surface area contributed by atoms with Gasteiger partial charge in [-0.05, 0) is 35.9 Å². The van der Waals surface area contributed by atoms with Gasteiger partial charge >= 0.3 is 10.2 Å². The maximum atomic E-state index is 15.3. The van der Waals surface area contributed by atoms with Crippen molar-refractivity contribution in [3.05, 3.63) is 93.0 Å². The predicted molar refractivity (Wildman–Crippen MR) is 135 cm³/mol. The van der Waals surface area contributed by atoms with Crippen LogP contribution < -0.4 is 15.0 Å². The molecular weight excluding hydrogens is 542 g/mol. The van der Waals surface area contributed by atoms with E-state index in [0.29, 0.717) is 11.3 Å². The minimum Gasteiger partial charge on any atom is -0.479 e. The standard InChI is InChI=1S/C24H19ClF2N6O4S/c1-37-24-20(12-18(27)23(29-24)15-9-16(25)11-17(26)10-15)33-19-6-8-32(13-14(19)4-5-22(33)34)38(35,36)31-21-3-2-7-28-30-21/h2-5,7,9-12H,6,8,13H2,1H3,(H,30,31). The Kier molecular flexibility index (Phi) is 6.82. The Morgan fingerprint density at radius 3 is 2.66 bits per heavy atom. The van der Waals surface area contributed by atoms with Crippen LogP contribution in [0.15, 0.2) is 59.5 Å². The minimum absolute atomic E-state index is 0.0205. The lowest BCUT2D eigenvalue weighted by molar-refractivity contribution is 0.381. The molecule has 0 aliphatic carbocycles. The molecule has 196 valence electrons. The number of rotatable bonds is 6. The Labute approximate surface area is 220 Å². The summed E-state index contributed by atoms with van der Waals surface area (Å²) < 4.78 is 65.2. The second kappa shape index (κ2) is 10.1. The molecular formula is C24H19ClF2N6O4S. The van der Waals surface area contributed by atoms with E-state index in [0.717, 1.165) is 18.2 Å². The SMILES string of the molecule is COc1nc(-c2cc(F)cc(Cl)c2)c(F)cc1-n1c2c(ccc1=O)CN(S(=O)(=O)Nc1cccnn1)CC2. The first-order chi connectivity index (χ1) is 18.2. The second-order valence-corrected chi connectivity index (χ2v) is 10.4. The van der Waals surface area contributed by atoms with E-state index < -0.39 is 27.4 Å². The summed E-state index contributed by atoms with van der Waals surface area (Å²) in [6, 6.07) is 10.4. The molecule has 1 N–H and O–H groups in total. The van der Waals surface area contributed by atoms with Crippen LogP contribution in [0.3, 0.4) is 0 Å². The van der Waals surface area contributed by atoms with E-state index in [9.17, 15) is 17.6 Å². The van der Waals surface area contributed by atoms with Crippen LogP contribution in [-0.2, 0) is 23.2 Å². The lowest BCUT2D eigenvalue weighted by Crippen LogP contribution is -2.41. The van der Waals surface area contributed by atoms with Gasteiger partial charge in [0.2, 0.25) is 5.88 Å². The zero-order valence-electron chi connectivity index (χ0n) is 19.7. The van der Waals surface area contributed by atoms with E-state index in [4.69, 9.17) is 16.3 Å². The minimum atomic E-state index is -3.97. The molecule has 0 bridgehead atoms. The van der Waals surface area contributed by atoms with Crippen LogP contribution in [-0.4, -0.2) is 46.1 Å². The van der Waals surface area contributed by atoms with Crippen molar-refractivity contribution in [3.8, 4) is 22.8 Å². The highest BCUT2D eigenvalue weighted by Gasteiger charge is 2.30. The average molecular weight is 561 g/mol. The van der Waals surface area contributed by atoms with Gasteiger partial charge < -0.3 is 4.74 Å². The van der Waals surface area contributed by atoms with Crippen LogP contribution in [0.4, 0.5) is 14.6 Å². The Morgan fingerprint density at radius 2 is 1.95 bits per heavy atom. The lowest BCUT2D eigenvalue weighted by atomic mass is 10.1. The third-order valence-corrected chi connectivity index (χ3v) is 7.55. The van der Waals surface area contributed by atoms with Crippen molar-refractivity contribution in [2.24, 2.45) is 0 Å². The molecule has 4 aromatic rings. The molecule has 38 heavy (non-hydrogen) atoms. The van der Waals surface area contributed by atoms with Crippen LogP contribution in [0.5, 0.6) is 5.88 Å². The quantitative estimate of drug-likeness (QED) is 0.384. The van der Waals surface area contributed by atoms with Gasteiger partial charge in [-0.1, -0.05) is 17.7 Å². The van der Waals surface area contributed by atoms with E-state index in [1.54, 1.807) is 6.07 Å². The summed E-state index contributed by atoms with van der Waals surface area (Å²) in [4.78, 5) is 17.2. The van der Waals surface area contributed by atoms with Gasteiger partial charge in [-0.15, -0.1) is 5.10 Å². The molecule has 0 saturated carbocycles. The smallest absolute Gasteiger partial charge is 0.303 e. The van der Waals surface area contributed by atoms with E-state index in [1.165, 1.54) is 46.4 Å². The molecule has 1 aliphatic heterocycles. The average Bonchev–Trinajstić information content (AvgIpc) is 2.88. The Balaban J connectivity index is 1.54. The summed E-state index contributed by atoms with van der Waals surface area (Å²) in [7, 11) is -2.67. The van der Waals surface area contributed by atoms with Crippen LogP contribution in [0.2, 0.25) is 5.02 Å². The van der Waals surface area contributed by atoms with E-state index >= 15 is 4.39 Å². The fourth-order valence-electron chi connectivity index (χ4n) is 4.22. The number of aromatic nitrogens is 4. The number of nitrogens with zero attached hydrogens (tertiary/aromatic N) is 5. The van der Waals surface area contributed by atoms with Crippen LogP contribution >= 0.6 is 11.6 Å². The summed E-state index contributed by atoms with van der Waals surface area (Å²) in [5.41, 5.74) is 0.424. The zero-order valence-corrected chi connectivity index (χ0v) is 21.3. The molecule has 3 aromatic heterocycles. The van der Waals surface area contributed by atoms with Crippen molar-refractivity contribution in [1.29, 1.82) is 0 Å². The summed E-state index contributed by atoms with van der Waals surface area (Å²) in [6.07, 6.45) is 1.55. The first-order valence-electron chi connectivity index (χ1n) is 11.2. The van der Waals surface area contributed by atoms with Gasteiger partial charge in [0.15, 0.2) is 11.6 Å². The third-order valence-electron chi connectivity index (χ3n) is 5.87. The fraction of sp³-hybridized carbons (Fsp3) is 0.167. The molecule has 0 amide bonds. The van der Waals surface area contributed by atoms with Gasteiger partial charge in [0.1, 0.15) is 17.2 Å². The number of halogens is 3. The number of pyridine rings is 2. The van der Waals surface area contributed by atoms with Gasteiger partial charge in [-0.3, -0.25) is 14.1 Å². The molecule has 0 fully saturated rings. The van der Waals surface area contributed by atoms with Gasteiger partial charge in [0.25, 0.3) is 5.56 Å². The van der Waals surface area contributed by atoms with E-state index in [1.807, 2.05) is 0 Å². The summed E-state index contributed by atoms with van der Waals surface area (Å²) in [5.74, 6) is -1.52. The van der Waals surface area contributed by atoms with Crippen molar-refractivity contribution in [2.75, 3.05) is 18.4 Å². The Hall–Kier alpha value is -3.94. The number of nitrogens with one attached hydrogen (secondary N) is 1. The number of anilines is 1. The summed E-state index contributed by atoms with van der Waals surface area (Å²) in [5, 5.41) is 7.45. The number of fused-ring (bicyclic) bond motifs is 1.